The van der Waals surface area contributed by atoms with E-state index in [1.807, 2.05) is 20.8 Å². The van der Waals surface area contributed by atoms with Gasteiger partial charge in [-0.3, -0.25) is 9.59 Å². The van der Waals surface area contributed by atoms with E-state index in [0.29, 0.717) is 38.5 Å². The molecule has 0 radical (unpaired) electrons. The Balaban J connectivity index is 6.21. The monoisotopic (exact) mass is 284 g/mol. The third kappa shape index (κ3) is 3.22. The van der Waals surface area contributed by atoms with E-state index in [2.05, 4.69) is 0 Å². The summed E-state index contributed by atoms with van der Waals surface area (Å²) in [5.74, 6) is -2.02. The molecule has 4 heteroatoms. The third-order valence-corrected chi connectivity index (χ3v) is 4.09. The summed E-state index contributed by atoms with van der Waals surface area (Å²) in [6.07, 6.45) is 6.33. The number of hydrogen-bond donors (Lipinski definition) is 2. The van der Waals surface area contributed by atoms with E-state index in [1.54, 1.807) is 19.1 Å². The van der Waals surface area contributed by atoms with Gasteiger partial charge in [-0.15, -0.1) is 0 Å². The van der Waals surface area contributed by atoms with E-state index < -0.39 is 22.8 Å². The lowest BCUT2D eigenvalue weighted by atomic mass is 9.57. The average Bonchev–Trinajstić information content (AvgIpc) is 2.37. The molecule has 4 nitrogen and oxygen atoms in total. The summed E-state index contributed by atoms with van der Waals surface area (Å²) in [6, 6.07) is 0. The Morgan fingerprint density at radius 1 is 0.900 bits per heavy atom. The second-order valence-electron chi connectivity index (χ2n) is 5.41. The first kappa shape index (κ1) is 18.7. The number of hydrogen-bond acceptors (Lipinski definition) is 2. The molecule has 2 N–H and O–H groups in total. The van der Waals surface area contributed by atoms with Crippen LogP contribution in [0.25, 0.3) is 0 Å². The lowest BCUT2D eigenvalue weighted by Crippen LogP contribution is -2.51. The van der Waals surface area contributed by atoms with Crippen LogP contribution in [0.4, 0.5) is 0 Å². The fourth-order valence-electron chi connectivity index (χ4n) is 3.37. The summed E-state index contributed by atoms with van der Waals surface area (Å²) in [7, 11) is 0. The predicted octanol–water partition coefficient (Wildman–Crippen LogP) is 4.10. The molecule has 0 aromatic carbocycles. The summed E-state index contributed by atoms with van der Waals surface area (Å²) >= 11 is 0. The van der Waals surface area contributed by atoms with Crippen molar-refractivity contribution in [2.75, 3.05) is 0 Å². The Labute approximate surface area is 121 Å². The van der Waals surface area contributed by atoms with Gasteiger partial charge in [0, 0.05) is 0 Å². The molecule has 0 saturated heterocycles. The van der Waals surface area contributed by atoms with Gasteiger partial charge in [-0.2, -0.15) is 0 Å². The molecule has 116 valence electrons. The first-order valence-corrected chi connectivity index (χ1v) is 7.49. The molecular formula is C16H28O4. The predicted molar refractivity (Wildman–Crippen MR) is 79.7 cm³/mol. The van der Waals surface area contributed by atoms with Crippen molar-refractivity contribution in [1.82, 2.24) is 0 Å². The number of rotatable bonds is 10. The van der Waals surface area contributed by atoms with Crippen LogP contribution in [0.15, 0.2) is 12.2 Å². The van der Waals surface area contributed by atoms with E-state index in [9.17, 15) is 19.8 Å². The second kappa shape index (κ2) is 8.08. The van der Waals surface area contributed by atoms with Crippen LogP contribution >= 0.6 is 0 Å². The Kier molecular flexibility index (Phi) is 7.54. The molecule has 20 heavy (non-hydrogen) atoms. The smallest absolute Gasteiger partial charge is 0.314 e. The van der Waals surface area contributed by atoms with Crippen molar-refractivity contribution >= 4 is 11.9 Å². The quantitative estimate of drug-likeness (QED) is 0.592. The Morgan fingerprint density at radius 2 is 1.35 bits per heavy atom. The van der Waals surface area contributed by atoms with Crippen molar-refractivity contribution in [1.29, 1.82) is 0 Å². The highest BCUT2D eigenvalue weighted by molar-refractivity contribution is 5.88. The van der Waals surface area contributed by atoms with Crippen molar-refractivity contribution in [2.24, 2.45) is 10.8 Å². The summed E-state index contributed by atoms with van der Waals surface area (Å²) < 4.78 is 0. The fraction of sp³-hybridized carbons (Fsp3) is 0.750. The van der Waals surface area contributed by atoms with Crippen LogP contribution in [0.2, 0.25) is 0 Å². The van der Waals surface area contributed by atoms with Gasteiger partial charge in [0.05, 0.1) is 5.41 Å². The van der Waals surface area contributed by atoms with Gasteiger partial charge in [0.15, 0.2) is 0 Å². The van der Waals surface area contributed by atoms with Gasteiger partial charge in [0.2, 0.25) is 0 Å². The number of carbonyl (C=O) groups is 2. The van der Waals surface area contributed by atoms with E-state index in [-0.39, 0.29) is 0 Å². The molecule has 0 saturated carbocycles. The maximum atomic E-state index is 12.0. The zero-order chi connectivity index (χ0) is 15.8. The maximum Gasteiger partial charge on any atom is 0.314 e. The standard InChI is InChI=1S/C16H28O4/c1-5-9-15(10-6-2,13(17)18)16(11-7-3,12-8-4)14(19)20/h5,9H,6-8,10-12H2,1-4H3,(H,17,18)(H,19,20)/b9-5+. The SMILES string of the molecule is C/C=C/C(CCC)(C(=O)O)C(CCC)(CCC)C(=O)O. The molecule has 0 aliphatic heterocycles. The number of carboxylic acids is 2. The van der Waals surface area contributed by atoms with Crippen LogP contribution in [0.5, 0.6) is 0 Å². The van der Waals surface area contributed by atoms with E-state index in [4.69, 9.17) is 0 Å². The zero-order valence-electron chi connectivity index (χ0n) is 13.1. The van der Waals surface area contributed by atoms with Gasteiger partial charge >= 0.3 is 11.9 Å². The highest BCUT2D eigenvalue weighted by Gasteiger charge is 2.58. The Hall–Kier alpha value is -1.32. The topological polar surface area (TPSA) is 74.6 Å². The summed E-state index contributed by atoms with van der Waals surface area (Å²) in [5, 5.41) is 19.6. The molecule has 1 unspecified atom stereocenters. The molecule has 0 bridgehead atoms. The highest BCUT2D eigenvalue weighted by Crippen LogP contribution is 2.51. The summed E-state index contributed by atoms with van der Waals surface area (Å²) in [6.45, 7) is 7.45. The molecule has 0 spiro atoms. The van der Waals surface area contributed by atoms with Gasteiger partial charge in [-0.05, 0) is 26.2 Å². The third-order valence-electron chi connectivity index (χ3n) is 4.09. The fourth-order valence-corrected chi connectivity index (χ4v) is 3.37. The van der Waals surface area contributed by atoms with Gasteiger partial charge < -0.3 is 10.2 Å². The van der Waals surface area contributed by atoms with Crippen LogP contribution in [0.1, 0.15) is 66.2 Å². The van der Waals surface area contributed by atoms with Crippen molar-refractivity contribution < 1.29 is 19.8 Å². The van der Waals surface area contributed by atoms with Crippen LogP contribution in [0.3, 0.4) is 0 Å². The summed E-state index contributed by atoms with van der Waals surface area (Å²) in [5.41, 5.74) is -2.56. The van der Waals surface area contributed by atoms with Crippen molar-refractivity contribution in [3.63, 3.8) is 0 Å². The van der Waals surface area contributed by atoms with Crippen molar-refractivity contribution in [3.05, 3.63) is 12.2 Å². The lowest BCUT2D eigenvalue weighted by Gasteiger charge is -2.43. The van der Waals surface area contributed by atoms with E-state index in [1.165, 1.54) is 0 Å². The van der Waals surface area contributed by atoms with E-state index >= 15 is 0 Å². The first-order chi connectivity index (χ1) is 9.38. The minimum absolute atomic E-state index is 0.346. The number of aliphatic carboxylic acids is 2. The molecule has 0 aliphatic carbocycles. The summed E-state index contributed by atoms with van der Waals surface area (Å²) in [4.78, 5) is 24.0. The molecule has 0 rings (SSSR count). The average molecular weight is 284 g/mol. The van der Waals surface area contributed by atoms with E-state index in [0.717, 1.165) is 0 Å². The Bertz CT molecular complexity index is 353. The number of carboxylic acid groups (broad SMARTS) is 2. The zero-order valence-corrected chi connectivity index (χ0v) is 13.1. The van der Waals surface area contributed by atoms with Gasteiger partial charge in [-0.25, -0.2) is 0 Å². The van der Waals surface area contributed by atoms with Gasteiger partial charge in [-0.1, -0.05) is 52.2 Å². The molecule has 0 amide bonds. The molecular weight excluding hydrogens is 256 g/mol. The normalized spacial score (nSPS) is 15.2. The Morgan fingerprint density at radius 3 is 1.60 bits per heavy atom. The molecule has 0 aromatic heterocycles. The number of allylic oxidation sites excluding steroid dienone is 1. The van der Waals surface area contributed by atoms with Gasteiger partial charge in [0.25, 0.3) is 0 Å². The minimum Gasteiger partial charge on any atom is -0.481 e. The van der Waals surface area contributed by atoms with Crippen LogP contribution in [-0.2, 0) is 9.59 Å². The van der Waals surface area contributed by atoms with Gasteiger partial charge in [0.1, 0.15) is 5.41 Å². The van der Waals surface area contributed by atoms with Crippen LogP contribution in [-0.4, -0.2) is 22.2 Å². The largest absolute Gasteiger partial charge is 0.481 e. The molecule has 0 aliphatic rings. The second-order valence-corrected chi connectivity index (χ2v) is 5.41. The van der Waals surface area contributed by atoms with Crippen molar-refractivity contribution in [3.8, 4) is 0 Å². The maximum absolute atomic E-state index is 12.0. The lowest BCUT2D eigenvalue weighted by molar-refractivity contribution is -0.172. The van der Waals surface area contributed by atoms with Crippen LogP contribution < -0.4 is 0 Å². The molecule has 1 atom stereocenters. The van der Waals surface area contributed by atoms with Crippen LogP contribution in [0, 0.1) is 10.8 Å². The molecule has 0 aromatic rings. The minimum atomic E-state index is -1.33. The highest BCUT2D eigenvalue weighted by atomic mass is 16.4. The molecule has 0 fully saturated rings. The molecule has 0 heterocycles. The first-order valence-electron chi connectivity index (χ1n) is 7.49. The van der Waals surface area contributed by atoms with Crippen molar-refractivity contribution in [2.45, 2.75) is 66.2 Å².